The van der Waals surface area contributed by atoms with Gasteiger partial charge < -0.3 is 0 Å². The first-order chi connectivity index (χ1) is 7.69. The Morgan fingerprint density at radius 3 is 2.44 bits per heavy atom. The SMILES string of the molecule is CCCc1nc(-c2cc(C)cc(C)c2)n[nH]1. The van der Waals surface area contributed by atoms with Crippen molar-refractivity contribution in [3.63, 3.8) is 0 Å². The van der Waals surface area contributed by atoms with Crippen molar-refractivity contribution in [1.82, 2.24) is 15.2 Å². The zero-order valence-electron chi connectivity index (χ0n) is 10.0. The second-order valence-corrected chi connectivity index (χ2v) is 4.23. The molecule has 2 aromatic rings. The molecule has 1 aromatic heterocycles. The number of hydrogen-bond donors (Lipinski definition) is 1. The third kappa shape index (κ3) is 2.30. The lowest BCUT2D eigenvalue weighted by atomic mass is 10.1. The van der Waals surface area contributed by atoms with Crippen LogP contribution in [-0.2, 0) is 6.42 Å². The third-order valence-electron chi connectivity index (χ3n) is 2.50. The average Bonchev–Trinajstić information content (AvgIpc) is 2.65. The quantitative estimate of drug-likeness (QED) is 0.855. The van der Waals surface area contributed by atoms with E-state index >= 15 is 0 Å². The summed E-state index contributed by atoms with van der Waals surface area (Å²) in [6.07, 6.45) is 2.04. The molecule has 0 unspecified atom stereocenters. The highest BCUT2D eigenvalue weighted by molar-refractivity contribution is 5.57. The predicted molar refractivity (Wildman–Crippen MR) is 65.3 cm³/mol. The highest BCUT2D eigenvalue weighted by Gasteiger charge is 2.06. The molecule has 2 rings (SSSR count). The number of hydrogen-bond acceptors (Lipinski definition) is 2. The van der Waals surface area contributed by atoms with E-state index in [0.29, 0.717) is 0 Å². The second kappa shape index (κ2) is 4.47. The van der Waals surface area contributed by atoms with Crippen LogP contribution in [0.4, 0.5) is 0 Å². The number of benzene rings is 1. The Labute approximate surface area is 95.9 Å². The monoisotopic (exact) mass is 215 g/mol. The lowest BCUT2D eigenvalue weighted by molar-refractivity contribution is 0.841. The minimum absolute atomic E-state index is 0.801. The summed E-state index contributed by atoms with van der Waals surface area (Å²) in [7, 11) is 0. The Kier molecular flexibility index (Phi) is 3.04. The van der Waals surface area contributed by atoms with Crippen LogP contribution in [0.3, 0.4) is 0 Å². The summed E-state index contributed by atoms with van der Waals surface area (Å²) in [6.45, 7) is 6.32. The van der Waals surface area contributed by atoms with E-state index < -0.39 is 0 Å². The molecule has 0 fully saturated rings. The number of rotatable bonds is 3. The Hall–Kier alpha value is -1.64. The van der Waals surface area contributed by atoms with Crippen molar-refractivity contribution in [2.45, 2.75) is 33.6 Å². The van der Waals surface area contributed by atoms with E-state index in [-0.39, 0.29) is 0 Å². The fourth-order valence-corrected chi connectivity index (χ4v) is 1.88. The molecule has 0 bridgehead atoms. The molecule has 1 heterocycles. The lowest BCUT2D eigenvalue weighted by Gasteiger charge is -2.00. The van der Waals surface area contributed by atoms with Crippen molar-refractivity contribution in [3.05, 3.63) is 35.2 Å². The number of aromatic amines is 1. The lowest BCUT2D eigenvalue weighted by Crippen LogP contribution is -1.86. The van der Waals surface area contributed by atoms with Gasteiger partial charge in [-0.3, -0.25) is 5.10 Å². The summed E-state index contributed by atoms with van der Waals surface area (Å²) in [6, 6.07) is 6.39. The van der Waals surface area contributed by atoms with Gasteiger partial charge in [-0.05, 0) is 32.4 Å². The molecule has 0 aliphatic carbocycles. The summed E-state index contributed by atoms with van der Waals surface area (Å²) >= 11 is 0. The highest BCUT2D eigenvalue weighted by Crippen LogP contribution is 2.18. The highest BCUT2D eigenvalue weighted by atomic mass is 15.2. The van der Waals surface area contributed by atoms with Crippen LogP contribution in [-0.4, -0.2) is 15.2 Å². The molecule has 3 heteroatoms. The van der Waals surface area contributed by atoms with Crippen molar-refractivity contribution in [3.8, 4) is 11.4 Å². The fraction of sp³-hybridized carbons (Fsp3) is 0.385. The molecule has 16 heavy (non-hydrogen) atoms. The first kappa shape index (κ1) is 10.9. The third-order valence-corrected chi connectivity index (χ3v) is 2.50. The maximum Gasteiger partial charge on any atom is 0.181 e. The zero-order valence-corrected chi connectivity index (χ0v) is 10.0. The van der Waals surface area contributed by atoms with Gasteiger partial charge in [0.25, 0.3) is 0 Å². The first-order valence-electron chi connectivity index (χ1n) is 5.69. The van der Waals surface area contributed by atoms with Crippen LogP contribution in [0.15, 0.2) is 18.2 Å². The van der Waals surface area contributed by atoms with Crippen molar-refractivity contribution in [2.24, 2.45) is 0 Å². The number of nitrogens with one attached hydrogen (secondary N) is 1. The van der Waals surface area contributed by atoms with E-state index in [4.69, 9.17) is 0 Å². The van der Waals surface area contributed by atoms with E-state index in [1.165, 1.54) is 11.1 Å². The van der Waals surface area contributed by atoms with Gasteiger partial charge in [0.2, 0.25) is 0 Å². The molecule has 0 aliphatic rings. The van der Waals surface area contributed by atoms with E-state index in [1.54, 1.807) is 0 Å². The van der Waals surface area contributed by atoms with Gasteiger partial charge in [0.15, 0.2) is 5.82 Å². The van der Waals surface area contributed by atoms with Gasteiger partial charge in [-0.2, -0.15) is 5.10 Å². The molecule has 84 valence electrons. The van der Waals surface area contributed by atoms with Crippen LogP contribution in [0.1, 0.15) is 30.3 Å². The maximum absolute atomic E-state index is 4.49. The molecule has 0 saturated heterocycles. The van der Waals surface area contributed by atoms with Crippen molar-refractivity contribution < 1.29 is 0 Å². The van der Waals surface area contributed by atoms with E-state index in [1.807, 2.05) is 0 Å². The summed E-state index contributed by atoms with van der Waals surface area (Å²) in [5.41, 5.74) is 3.59. The van der Waals surface area contributed by atoms with Crippen LogP contribution >= 0.6 is 0 Å². The zero-order chi connectivity index (χ0) is 11.5. The van der Waals surface area contributed by atoms with Gasteiger partial charge in [0.1, 0.15) is 5.82 Å². The van der Waals surface area contributed by atoms with Crippen molar-refractivity contribution >= 4 is 0 Å². The van der Waals surface area contributed by atoms with E-state index in [2.05, 4.69) is 54.2 Å². The number of H-pyrrole nitrogens is 1. The molecule has 0 spiro atoms. The molecule has 0 saturated carbocycles. The number of aromatic nitrogens is 3. The molecule has 1 N–H and O–H groups in total. The fourth-order valence-electron chi connectivity index (χ4n) is 1.88. The topological polar surface area (TPSA) is 41.6 Å². The molecule has 0 amide bonds. The van der Waals surface area contributed by atoms with Crippen LogP contribution in [0.5, 0.6) is 0 Å². The average molecular weight is 215 g/mol. The van der Waals surface area contributed by atoms with Gasteiger partial charge in [0.05, 0.1) is 0 Å². The van der Waals surface area contributed by atoms with Crippen molar-refractivity contribution in [2.75, 3.05) is 0 Å². The van der Waals surface area contributed by atoms with Crippen molar-refractivity contribution in [1.29, 1.82) is 0 Å². The van der Waals surface area contributed by atoms with Gasteiger partial charge in [-0.1, -0.05) is 24.1 Å². The Morgan fingerprint density at radius 1 is 1.12 bits per heavy atom. The van der Waals surface area contributed by atoms with Crippen LogP contribution in [0.2, 0.25) is 0 Å². The minimum atomic E-state index is 0.801. The molecule has 0 radical (unpaired) electrons. The molecule has 0 aliphatic heterocycles. The second-order valence-electron chi connectivity index (χ2n) is 4.23. The standard InChI is InChI=1S/C13H17N3/c1-4-5-12-14-13(16-15-12)11-7-9(2)6-10(3)8-11/h6-8H,4-5H2,1-3H3,(H,14,15,16). The molecule has 3 nitrogen and oxygen atoms in total. The van der Waals surface area contributed by atoms with Gasteiger partial charge in [0, 0.05) is 12.0 Å². The maximum atomic E-state index is 4.49. The summed E-state index contributed by atoms with van der Waals surface area (Å²) in [5.74, 6) is 1.77. The Bertz CT molecular complexity index is 465. The largest absolute Gasteiger partial charge is 0.263 e. The van der Waals surface area contributed by atoms with Crippen LogP contribution in [0.25, 0.3) is 11.4 Å². The number of nitrogens with zero attached hydrogens (tertiary/aromatic N) is 2. The predicted octanol–water partition coefficient (Wildman–Crippen LogP) is 3.04. The minimum Gasteiger partial charge on any atom is -0.263 e. The van der Waals surface area contributed by atoms with E-state index in [9.17, 15) is 0 Å². The molecular formula is C13H17N3. The van der Waals surface area contributed by atoms with Gasteiger partial charge in [-0.15, -0.1) is 0 Å². The smallest absolute Gasteiger partial charge is 0.181 e. The summed E-state index contributed by atoms with van der Waals surface area (Å²) < 4.78 is 0. The first-order valence-corrected chi connectivity index (χ1v) is 5.69. The normalized spacial score (nSPS) is 10.7. The van der Waals surface area contributed by atoms with Crippen LogP contribution < -0.4 is 0 Å². The summed E-state index contributed by atoms with van der Waals surface area (Å²) in [5, 5.41) is 7.23. The van der Waals surface area contributed by atoms with Crippen LogP contribution in [0, 0.1) is 13.8 Å². The Balaban J connectivity index is 2.34. The molecule has 0 atom stereocenters. The van der Waals surface area contributed by atoms with E-state index in [0.717, 1.165) is 30.1 Å². The van der Waals surface area contributed by atoms with Gasteiger partial charge in [-0.25, -0.2) is 4.98 Å². The molecule has 1 aromatic carbocycles. The number of aryl methyl sites for hydroxylation is 3. The summed E-state index contributed by atoms with van der Waals surface area (Å²) in [4.78, 5) is 4.49. The Morgan fingerprint density at radius 2 is 1.81 bits per heavy atom. The van der Waals surface area contributed by atoms with Gasteiger partial charge >= 0.3 is 0 Å². The molecular weight excluding hydrogens is 198 g/mol.